The number of nitrogens with one attached hydrogen (secondary N) is 1. The van der Waals surface area contributed by atoms with Crippen LogP contribution in [0.4, 0.5) is 18.9 Å². The molecule has 0 aliphatic rings. The lowest BCUT2D eigenvalue weighted by Crippen LogP contribution is -2.25. The standard InChI is InChI=1S/C12H17BrF3N3O2/c1-2-3-5-19-11(20)10(13)9(7-18-19)17-4-6-21-8-12(14,15)16/h7,17H,2-6,8H2,1H3. The maximum Gasteiger partial charge on any atom is 0.411 e. The van der Waals surface area contributed by atoms with Gasteiger partial charge in [-0.1, -0.05) is 13.3 Å². The number of anilines is 1. The fourth-order valence-corrected chi connectivity index (χ4v) is 1.95. The molecule has 0 fully saturated rings. The average molecular weight is 372 g/mol. The zero-order valence-corrected chi connectivity index (χ0v) is 13.1. The Kier molecular flexibility index (Phi) is 7.16. The Morgan fingerprint density at radius 2 is 2.19 bits per heavy atom. The molecule has 0 aliphatic heterocycles. The van der Waals surface area contributed by atoms with Gasteiger partial charge in [0.15, 0.2) is 0 Å². The molecule has 21 heavy (non-hydrogen) atoms. The predicted octanol–water partition coefficient (Wildman–Crippen LogP) is 2.80. The van der Waals surface area contributed by atoms with Gasteiger partial charge >= 0.3 is 6.18 Å². The Bertz CT molecular complexity index is 506. The Morgan fingerprint density at radius 1 is 1.48 bits per heavy atom. The van der Waals surface area contributed by atoms with E-state index in [0.29, 0.717) is 16.7 Å². The number of halogens is 4. The normalized spacial score (nSPS) is 11.7. The van der Waals surface area contributed by atoms with E-state index in [1.165, 1.54) is 10.9 Å². The summed E-state index contributed by atoms with van der Waals surface area (Å²) in [6.07, 6.45) is -1.08. The third-order valence-corrected chi connectivity index (χ3v) is 3.30. The summed E-state index contributed by atoms with van der Waals surface area (Å²) >= 11 is 3.17. The summed E-state index contributed by atoms with van der Waals surface area (Å²) in [5.41, 5.74) is 0.160. The van der Waals surface area contributed by atoms with Gasteiger partial charge in [-0.2, -0.15) is 18.3 Å². The van der Waals surface area contributed by atoms with Gasteiger partial charge in [0.2, 0.25) is 0 Å². The van der Waals surface area contributed by atoms with E-state index in [1.807, 2.05) is 6.92 Å². The first kappa shape index (κ1) is 18.0. The second-order valence-electron chi connectivity index (χ2n) is 4.35. The number of hydrogen-bond donors (Lipinski definition) is 1. The molecule has 120 valence electrons. The highest BCUT2D eigenvalue weighted by molar-refractivity contribution is 9.10. The van der Waals surface area contributed by atoms with Crippen LogP contribution in [0, 0.1) is 0 Å². The van der Waals surface area contributed by atoms with Crippen molar-refractivity contribution in [3.05, 3.63) is 21.0 Å². The summed E-state index contributed by atoms with van der Waals surface area (Å²) in [7, 11) is 0. The first-order valence-electron chi connectivity index (χ1n) is 6.49. The van der Waals surface area contributed by atoms with Crippen LogP contribution in [0.15, 0.2) is 15.5 Å². The largest absolute Gasteiger partial charge is 0.411 e. The molecule has 0 aliphatic carbocycles. The van der Waals surface area contributed by atoms with Gasteiger partial charge in [0.25, 0.3) is 5.56 Å². The molecule has 1 aromatic heterocycles. The minimum Gasteiger partial charge on any atom is -0.380 e. The number of hydrogen-bond acceptors (Lipinski definition) is 4. The Hall–Kier alpha value is -1.09. The van der Waals surface area contributed by atoms with E-state index in [0.717, 1.165) is 12.8 Å². The van der Waals surface area contributed by atoms with Crippen molar-refractivity contribution in [2.45, 2.75) is 32.5 Å². The quantitative estimate of drug-likeness (QED) is 0.713. The van der Waals surface area contributed by atoms with Gasteiger partial charge in [-0.3, -0.25) is 4.79 Å². The number of unbranched alkanes of at least 4 members (excludes halogenated alkanes) is 1. The highest BCUT2D eigenvalue weighted by atomic mass is 79.9. The van der Waals surface area contributed by atoms with Gasteiger partial charge in [0, 0.05) is 13.1 Å². The number of nitrogens with zero attached hydrogens (tertiary/aromatic N) is 2. The molecule has 1 heterocycles. The van der Waals surface area contributed by atoms with Crippen molar-refractivity contribution >= 4 is 21.6 Å². The lowest BCUT2D eigenvalue weighted by Gasteiger charge is -2.11. The van der Waals surface area contributed by atoms with E-state index < -0.39 is 12.8 Å². The number of rotatable bonds is 8. The van der Waals surface area contributed by atoms with Gasteiger partial charge in [0.1, 0.15) is 11.1 Å². The molecule has 0 saturated carbocycles. The monoisotopic (exact) mass is 371 g/mol. The third kappa shape index (κ3) is 6.47. The van der Waals surface area contributed by atoms with Crippen LogP contribution in [-0.4, -0.2) is 35.7 Å². The van der Waals surface area contributed by atoms with Crippen LogP contribution in [0.2, 0.25) is 0 Å². The molecule has 0 amide bonds. The summed E-state index contributed by atoms with van der Waals surface area (Å²) < 4.78 is 41.7. The van der Waals surface area contributed by atoms with Gasteiger partial charge in [0.05, 0.1) is 18.5 Å². The highest BCUT2D eigenvalue weighted by Gasteiger charge is 2.27. The molecular weight excluding hydrogens is 355 g/mol. The van der Waals surface area contributed by atoms with Crippen LogP contribution in [0.25, 0.3) is 0 Å². The van der Waals surface area contributed by atoms with E-state index in [-0.39, 0.29) is 18.7 Å². The van der Waals surface area contributed by atoms with E-state index >= 15 is 0 Å². The molecule has 0 radical (unpaired) electrons. The van der Waals surface area contributed by atoms with Crippen LogP contribution >= 0.6 is 15.9 Å². The minimum absolute atomic E-state index is 0.120. The fraction of sp³-hybridized carbons (Fsp3) is 0.667. The molecule has 1 N–H and O–H groups in total. The highest BCUT2D eigenvalue weighted by Crippen LogP contribution is 2.16. The first-order chi connectivity index (χ1) is 9.85. The van der Waals surface area contributed by atoms with Crippen molar-refractivity contribution in [1.29, 1.82) is 0 Å². The third-order valence-electron chi connectivity index (χ3n) is 2.54. The molecule has 0 unspecified atom stereocenters. The number of ether oxygens (including phenoxy) is 1. The SMILES string of the molecule is CCCCn1ncc(NCCOCC(F)(F)F)c(Br)c1=O. The van der Waals surface area contributed by atoms with Crippen molar-refractivity contribution in [3.8, 4) is 0 Å². The Labute approximate surface area is 128 Å². The van der Waals surface area contributed by atoms with E-state index in [1.54, 1.807) is 0 Å². The molecule has 0 spiro atoms. The smallest absolute Gasteiger partial charge is 0.380 e. The molecule has 0 saturated heterocycles. The lowest BCUT2D eigenvalue weighted by atomic mass is 10.3. The van der Waals surface area contributed by atoms with E-state index in [2.05, 4.69) is 31.1 Å². The van der Waals surface area contributed by atoms with Crippen molar-refractivity contribution < 1.29 is 17.9 Å². The summed E-state index contributed by atoms with van der Waals surface area (Å²) in [6, 6.07) is 0. The molecule has 0 atom stereocenters. The van der Waals surface area contributed by atoms with Gasteiger partial charge in [-0.05, 0) is 22.4 Å². The number of aromatic nitrogens is 2. The van der Waals surface area contributed by atoms with E-state index in [4.69, 9.17) is 0 Å². The van der Waals surface area contributed by atoms with E-state index in [9.17, 15) is 18.0 Å². The molecular formula is C12H17BrF3N3O2. The summed E-state index contributed by atoms with van der Waals surface area (Å²) in [5, 5.41) is 6.81. The maximum atomic E-state index is 11.9. The topological polar surface area (TPSA) is 56.1 Å². The van der Waals surface area contributed by atoms with Gasteiger partial charge in [-0.15, -0.1) is 0 Å². The zero-order valence-electron chi connectivity index (χ0n) is 11.5. The molecule has 0 aromatic carbocycles. The van der Waals surface area contributed by atoms with Crippen LogP contribution in [-0.2, 0) is 11.3 Å². The molecule has 1 rings (SSSR count). The van der Waals surface area contributed by atoms with Crippen LogP contribution in [0.3, 0.4) is 0 Å². The minimum atomic E-state index is -4.33. The van der Waals surface area contributed by atoms with Gasteiger partial charge < -0.3 is 10.1 Å². The first-order valence-corrected chi connectivity index (χ1v) is 7.28. The Morgan fingerprint density at radius 3 is 2.81 bits per heavy atom. The van der Waals surface area contributed by atoms with Crippen molar-refractivity contribution in [3.63, 3.8) is 0 Å². The molecule has 1 aromatic rings. The fourth-order valence-electron chi connectivity index (χ4n) is 1.50. The number of alkyl halides is 3. The summed E-state index contributed by atoms with van der Waals surface area (Å²) in [4.78, 5) is 11.9. The maximum absolute atomic E-state index is 11.9. The zero-order chi connectivity index (χ0) is 15.9. The second-order valence-corrected chi connectivity index (χ2v) is 5.14. The van der Waals surface area contributed by atoms with Crippen LogP contribution < -0.4 is 10.9 Å². The summed E-state index contributed by atoms with van der Waals surface area (Å²) in [6.45, 7) is 1.28. The average Bonchev–Trinajstić information content (AvgIpc) is 2.41. The predicted molar refractivity (Wildman–Crippen MR) is 76.5 cm³/mol. The van der Waals surface area contributed by atoms with Crippen LogP contribution in [0.5, 0.6) is 0 Å². The summed E-state index contributed by atoms with van der Waals surface area (Å²) in [5.74, 6) is 0. The van der Waals surface area contributed by atoms with Crippen molar-refractivity contribution in [2.24, 2.45) is 0 Å². The second kappa shape index (κ2) is 8.38. The van der Waals surface area contributed by atoms with Gasteiger partial charge in [-0.25, -0.2) is 4.68 Å². The molecule has 9 heteroatoms. The number of aryl methyl sites for hydroxylation is 1. The van der Waals surface area contributed by atoms with Crippen molar-refractivity contribution in [2.75, 3.05) is 25.1 Å². The van der Waals surface area contributed by atoms with Crippen LogP contribution in [0.1, 0.15) is 19.8 Å². The molecule has 0 bridgehead atoms. The molecule has 5 nitrogen and oxygen atoms in total. The Balaban J connectivity index is 2.49. The van der Waals surface area contributed by atoms with Crippen molar-refractivity contribution in [1.82, 2.24) is 9.78 Å². The lowest BCUT2D eigenvalue weighted by molar-refractivity contribution is -0.172.